The minimum atomic E-state index is -3.79. The van der Waals surface area contributed by atoms with Crippen molar-refractivity contribution in [2.45, 2.75) is 18.7 Å². The Hall–Kier alpha value is -1.79. The molecule has 0 aliphatic carbocycles. The molecule has 27 heteroatoms. The summed E-state index contributed by atoms with van der Waals surface area (Å²) in [6.07, 6.45) is 0. The molecule has 0 aliphatic rings. The molecule has 0 radical (unpaired) electrons. The smallest absolute Gasteiger partial charge is 0.297 e. The van der Waals surface area contributed by atoms with E-state index in [-0.39, 0.29) is 18.1 Å². The summed E-state index contributed by atoms with van der Waals surface area (Å²) in [5.41, 5.74) is 0.970. The Bertz CT molecular complexity index is 1480. The highest BCUT2D eigenvalue weighted by Crippen LogP contribution is 2.13. The molecule has 82 heavy (non-hydrogen) atoms. The van der Waals surface area contributed by atoms with Crippen molar-refractivity contribution in [2.75, 3.05) is 311 Å². The van der Waals surface area contributed by atoms with E-state index >= 15 is 0 Å². The molecule has 1 aromatic rings. The molecule has 0 saturated heterocycles. The molecule has 0 aliphatic heterocycles. The molecule has 26 nitrogen and oxygen atoms in total. The standard InChI is InChI=1S/C55H104O26S/c1-3-58-8-9-59-10-11-60-12-13-61-14-15-62-16-17-63-18-19-64-20-21-65-22-23-66-24-25-67-26-27-68-28-29-69-30-31-70-32-33-71-34-35-72-36-37-73-38-39-74-40-41-75-42-43-76-44-45-77-46-47-78-48-49-79-50-51-80-52-53-81-82(56,57)55-6-4-54(2)5-7-55/h4-7H,3,8-53H2,1-2H3. The molecule has 0 N–H and O–H groups in total. The number of ether oxygens (including phenoxy) is 23. The average Bonchev–Trinajstić information content (AvgIpc) is 3.49. The van der Waals surface area contributed by atoms with Crippen molar-refractivity contribution in [1.29, 1.82) is 0 Å². The van der Waals surface area contributed by atoms with Gasteiger partial charge in [0.1, 0.15) is 0 Å². The molecule has 0 fully saturated rings. The fourth-order valence-electron chi connectivity index (χ4n) is 5.96. The van der Waals surface area contributed by atoms with Crippen LogP contribution in [0.15, 0.2) is 29.2 Å². The molecule has 0 spiro atoms. The van der Waals surface area contributed by atoms with Gasteiger partial charge in [0, 0.05) is 6.61 Å². The molecule has 0 unspecified atom stereocenters. The van der Waals surface area contributed by atoms with E-state index in [0.717, 1.165) is 5.56 Å². The van der Waals surface area contributed by atoms with Gasteiger partial charge in [0.25, 0.3) is 10.1 Å². The van der Waals surface area contributed by atoms with Crippen molar-refractivity contribution in [3.8, 4) is 0 Å². The molecule has 1 rings (SSSR count). The maximum atomic E-state index is 12.1. The second kappa shape index (κ2) is 66.7. The van der Waals surface area contributed by atoms with E-state index in [0.29, 0.717) is 297 Å². The first-order chi connectivity index (χ1) is 40.6. The topological polar surface area (TPSA) is 256 Å². The van der Waals surface area contributed by atoms with Crippen LogP contribution in [0, 0.1) is 6.92 Å². The molecule has 0 amide bonds. The molecule has 1 aromatic carbocycles. The minimum absolute atomic E-state index is 0.0683. The van der Waals surface area contributed by atoms with Gasteiger partial charge >= 0.3 is 0 Å². The minimum Gasteiger partial charge on any atom is -0.379 e. The van der Waals surface area contributed by atoms with E-state index in [4.69, 9.17) is 113 Å². The lowest BCUT2D eigenvalue weighted by Crippen LogP contribution is -2.16. The van der Waals surface area contributed by atoms with Crippen LogP contribution in [0.1, 0.15) is 12.5 Å². The summed E-state index contributed by atoms with van der Waals surface area (Å²) in [6, 6.07) is 6.47. The number of hydrogen-bond donors (Lipinski definition) is 0. The van der Waals surface area contributed by atoms with Crippen LogP contribution in [0.25, 0.3) is 0 Å². The van der Waals surface area contributed by atoms with Crippen molar-refractivity contribution in [1.82, 2.24) is 0 Å². The fourth-order valence-corrected chi connectivity index (χ4v) is 6.85. The zero-order valence-electron chi connectivity index (χ0n) is 49.6. The van der Waals surface area contributed by atoms with Crippen LogP contribution in [0.5, 0.6) is 0 Å². The van der Waals surface area contributed by atoms with Crippen molar-refractivity contribution in [3.63, 3.8) is 0 Å². The van der Waals surface area contributed by atoms with Gasteiger partial charge in [-0.15, -0.1) is 0 Å². The van der Waals surface area contributed by atoms with E-state index in [1.54, 1.807) is 12.1 Å². The second-order valence-corrected chi connectivity index (χ2v) is 18.4. The Labute approximate surface area is 489 Å². The highest BCUT2D eigenvalue weighted by Gasteiger charge is 2.14. The number of rotatable bonds is 72. The Kier molecular flexibility index (Phi) is 63.7. The number of aryl methyl sites for hydroxylation is 1. The van der Waals surface area contributed by atoms with E-state index < -0.39 is 10.1 Å². The summed E-state index contributed by atoms with van der Waals surface area (Å²) in [4.78, 5) is 0.122. The summed E-state index contributed by atoms with van der Waals surface area (Å²) in [5.74, 6) is 0. The highest BCUT2D eigenvalue weighted by molar-refractivity contribution is 7.86. The molecule has 0 heterocycles. The van der Waals surface area contributed by atoms with Gasteiger partial charge in [0.05, 0.1) is 309 Å². The average molecular weight is 1210 g/mol. The van der Waals surface area contributed by atoms with Gasteiger partial charge in [-0.2, -0.15) is 8.42 Å². The molecule has 486 valence electrons. The summed E-state index contributed by atoms with van der Waals surface area (Å²) < 4.78 is 155. The van der Waals surface area contributed by atoms with Crippen LogP contribution >= 0.6 is 0 Å². The third kappa shape index (κ3) is 61.3. The lowest BCUT2D eigenvalue weighted by molar-refractivity contribution is -0.0319. The molecule has 0 atom stereocenters. The van der Waals surface area contributed by atoms with Crippen LogP contribution in [0.4, 0.5) is 0 Å². The number of benzene rings is 1. The molecular weight excluding hydrogens is 1110 g/mol. The van der Waals surface area contributed by atoms with Gasteiger partial charge < -0.3 is 109 Å². The van der Waals surface area contributed by atoms with Crippen molar-refractivity contribution < 1.29 is 122 Å². The number of hydrogen-bond acceptors (Lipinski definition) is 26. The summed E-state index contributed by atoms with van der Waals surface area (Å²) >= 11 is 0. The first-order valence-electron chi connectivity index (χ1n) is 28.8. The van der Waals surface area contributed by atoms with Crippen LogP contribution in [0.2, 0.25) is 0 Å². The van der Waals surface area contributed by atoms with Crippen molar-refractivity contribution in [2.24, 2.45) is 0 Å². The first-order valence-corrected chi connectivity index (χ1v) is 30.2. The molecular formula is C55H104O26S. The lowest BCUT2D eigenvalue weighted by atomic mass is 10.2. The van der Waals surface area contributed by atoms with Crippen LogP contribution in [-0.2, 0) is 123 Å². The van der Waals surface area contributed by atoms with Gasteiger partial charge in [-0.25, -0.2) is 0 Å². The van der Waals surface area contributed by atoms with Crippen LogP contribution < -0.4 is 0 Å². The highest BCUT2D eigenvalue weighted by atomic mass is 32.2. The Balaban J connectivity index is 1.60. The van der Waals surface area contributed by atoms with Gasteiger partial charge in [-0.3, -0.25) is 4.18 Å². The van der Waals surface area contributed by atoms with E-state index in [9.17, 15) is 8.42 Å². The molecule has 0 aromatic heterocycles. The monoisotopic (exact) mass is 1210 g/mol. The van der Waals surface area contributed by atoms with Gasteiger partial charge in [0.15, 0.2) is 0 Å². The molecule has 0 saturated carbocycles. The fraction of sp³-hybridized carbons (Fsp3) is 0.891. The zero-order chi connectivity index (χ0) is 58.7. The Morgan fingerprint density at radius 3 is 0.500 bits per heavy atom. The third-order valence-electron chi connectivity index (χ3n) is 10.2. The van der Waals surface area contributed by atoms with E-state index in [1.807, 2.05) is 13.8 Å². The largest absolute Gasteiger partial charge is 0.379 e. The first kappa shape index (κ1) is 78.2. The van der Waals surface area contributed by atoms with Crippen molar-refractivity contribution in [3.05, 3.63) is 29.8 Å². The quantitative estimate of drug-likeness (QED) is 0.0668. The third-order valence-corrected chi connectivity index (χ3v) is 11.5. The van der Waals surface area contributed by atoms with Crippen molar-refractivity contribution >= 4 is 10.1 Å². The maximum absolute atomic E-state index is 12.1. The van der Waals surface area contributed by atoms with Gasteiger partial charge in [-0.1, -0.05) is 17.7 Å². The van der Waals surface area contributed by atoms with Gasteiger partial charge in [-0.05, 0) is 26.0 Å². The van der Waals surface area contributed by atoms with E-state index in [2.05, 4.69) is 0 Å². The lowest BCUT2D eigenvalue weighted by Gasteiger charge is -2.09. The Morgan fingerprint density at radius 1 is 0.220 bits per heavy atom. The predicted molar refractivity (Wildman–Crippen MR) is 299 cm³/mol. The molecule has 0 bridgehead atoms. The second-order valence-electron chi connectivity index (χ2n) is 16.8. The zero-order valence-corrected chi connectivity index (χ0v) is 50.4. The summed E-state index contributed by atoms with van der Waals surface area (Å²) in [7, 11) is -3.79. The normalized spacial score (nSPS) is 11.9. The Morgan fingerprint density at radius 2 is 0.354 bits per heavy atom. The summed E-state index contributed by atoms with van der Waals surface area (Å²) in [5, 5.41) is 0. The SMILES string of the molecule is CCOCCOCCOCCOCCOCCOCCOCCOCCOCCOCCOCCOCCOCCOCCOCCOCCOCCOCCOCCOCCOCCOCCOCCOS(=O)(=O)c1ccc(C)cc1. The summed E-state index contributed by atoms with van der Waals surface area (Å²) in [6.45, 7) is 25.8. The van der Waals surface area contributed by atoms with Crippen LogP contribution in [-0.4, -0.2) is 319 Å². The van der Waals surface area contributed by atoms with Crippen LogP contribution in [0.3, 0.4) is 0 Å². The predicted octanol–water partition coefficient (Wildman–Crippen LogP) is 2.10. The van der Waals surface area contributed by atoms with Gasteiger partial charge in [0.2, 0.25) is 0 Å². The van der Waals surface area contributed by atoms with E-state index in [1.165, 1.54) is 12.1 Å². The maximum Gasteiger partial charge on any atom is 0.297 e.